The molecule has 7 nitrogen and oxygen atoms in total. The number of benzene rings is 1. The molecule has 0 aliphatic heterocycles. The first-order chi connectivity index (χ1) is 11.5. The summed E-state index contributed by atoms with van der Waals surface area (Å²) in [6, 6.07) is 8.94. The molecule has 0 aliphatic carbocycles. The molecule has 0 fully saturated rings. The Morgan fingerprint density at radius 3 is 2.50 bits per heavy atom. The van der Waals surface area contributed by atoms with Gasteiger partial charge < -0.3 is 9.47 Å². The van der Waals surface area contributed by atoms with E-state index in [0.717, 1.165) is 0 Å². The van der Waals surface area contributed by atoms with E-state index in [0.29, 0.717) is 22.7 Å². The predicted octanol–water partition coefficient (Wildman–Crippen LogP) is 1.59. The van der Waals surface area contributed by atoms with Gasteiger partial charge in [0.25, 0.3) is 5.56 Å². The number of nitriles is 1. The monoisotopic (exact) mass is 329 g/mol. The van der Waals surface area contributed by atoms with Crippen LogP contribution in [0.3, 0.4) is 0 Å². The van der Waals surface area contributed by atoms with Gasteiger partial charge in [0.15, 0.2) is 0 Å². The van der Waals surface area contributed by atoms with E-state index >= 15 is 0 Å². The van der Waals surface area contributed by atoms with Crippen molar-refractivity contribution < 1.29 is 14.3 Å². The summed E-state index contributed by atoms with van der Waals surface area (Å²) in [7, 11) is 1.56. The highest BCUT2D eigenvalue weighted by molar-refractivity contribution is 5.72. The lowest BCUT2D eigenvalue weighted by atomic mass is 10.2. The van der Waals surface area contributed by atoms with Crippen molar-refractivity contribution in [2.24, 2.45) is 0 Å². The molecule has 7 heteroatoms. The third kappa shape index (κ3) is 3.33. The van der Waals surface area contributed by atoms with Crippen molar-refractivity contribution in [1.82, 2.24) is 9.36 Å². The van der Waals surface area contributed by atoms with Crippen molar-refractivity contribution in [1.29, 1.82) is 5.26 Å². The maximum atomic E-state index is 12.8. The number of carbonyl (C=O) groups is 1. The van der Waals surface area contributed by atoms with E-state index in [9.17, 15) is 9.59 Å². The van der Waals surface area contributed by atoms with Gasteiger partial charge in [-0.3, -0.25) is 14.3 Å². The summed E-state index contributed by atoms with van der Waals surface area (Å²) in [5, 5.41) is 9.07. The lowest BCUT2D eigenvalue weighted by Crippen LogP contribution is -2.23. The van der Waals surface area contributed by atoms with Crippen LogP contribution in [0.4, 0.5) is 0 Å². The second kappa shape index (κ2) is 7.51. The van der Waals surface area contributed by atoms with Crippen LogP contribution in [0.2, 0.25) is 0 Å². The Bertz CT molecular complexity index is 825. The highest BCUT2D eigenvalue weighted by Gasteiger charge is 2.20. The van der Waals surface area contributed by atoms with Gasteiger partial charge in [-0.2, -0.15) is 5.26 Å². The average Bonchev–Trinajstić information content (AvgIpc) is 2.80. The number of hydrogen-bond acceptors (Lipinski definition) is 5. The van der Waals surface area contributed by atoms with Crippen molar-refractivity contribution >= 4 is 5.97 Å². The molecule has 126 valence electrons. The van der Waals surface area contributed by atoms with Crippen LogP contribution in [-0.2, 0) is 22.5 Å². The van der Waals surface area contributed by atoms with Gasteiger partial charge in [-0.1, -0.05) is 0 Å². The third-order valence-electron chi connectivity index (χ3n) is 3.68. The summed E-state index contributed by atoms with van der Waals surface area (Å²) in [4.78, 5) is 24.5. The van der Waals surface area contributed by atoms with Crippen molar-refractivity contribution in [2.45, 2.75) is 26.8 Å². The van der Waals surface area contributed by atoms with Crippen molar-refractivity contribution in [3.8, 4) is 17.5 Å². The molecule has 2 aromatic rings. The largest absolute Gasteiger partial charge is 0.497 e. The van der Waals surface area contributed by atoms with E-state index in [1.165, 1.54) is 4.68 Å². The van der Waals surface area contributed by atoms with E-state index < -0.39 is 5.97 Å². The van der Waals surface area contributed by atoms with Gasteiger partial charge >= 0.3 is 5.97 Å². The van der Waals surface area contributed by atoms with Gasteiger partial charge in [0.2, 0.25) is 0 Å². The molecule has 0 saturated carbocycles. The summed E-state index contributed by atoms with van der Waals surface area (Å²) in [5.74, 6) is 0.197. The Morgan fingerprint density at radius 1 is 1.29 bits per heavy atom. The summed E-state index contributed by atoms with van der Waals surface area (Å²) >= 11 is 0. The van der Waals surface area contributed by atoms with E-state index in [1.807, 2.05) is 6.07 Å². The maximum absolute atomic E-state index is 12.8. The fourth-order valence-electron chi connectivity index (χ4n) is 2.49. The molecule has 0 saturated heterocycles. The van der Waals surface area contributed by atoms with Crippen LogP contribution >= 0.6 is 0 Å². The molecule has 0 atom stereocenters. The minimum Gasteiger partial charge on any atom is -0.497 e. The number of rotatable bonds is 6. The normalized spacial score (nSPS) is 10.2. The third-order valence-corrected chi connectivity index (χ3v) is 3.68. The lowest BCUT2D eigenvalue weighted by Gasteiger charge is -2.10. The Hall–Kier alpha value is -3.01. The van der Waals surface area contributed by atoms with Crippen LogP contribution in [0.25, 0.3) is 5.69 Å². The number of ether oxygens (including phenoxy) is 2. The number of carbonyl (C=O) groups excluding carboxylic acids is 1. The molecule has 2 rings (SSSR count). The second-order valence-corrected chi connectivity index (χ2v) is 5.08. The Balaban J connectivity index is 2.55. The number of methoxy groups -OCH3 is 1. The Morgan fingerprint density at radius 2 is 1.96 bits per heavy atom. The van der Waals surface area contributed by atoms with Crippen LogP contribution in [0.1, 0.15) is 18.2 Å². The first kappa shape index (κ1) is 17.3. The van der Waals surface area contributed by atoms with Gasteiger partial charge in [0, 0.05) is 5.69 Å². The highest BCUT2D eigenvalue weighted by atomic mass is 16.5. The zero-order valence-corrected chi connectivity index (χ0v) is 13.9. The fraction of sp³-hybridized carbons (Fsp3) is 0.353. The zero-order valence-electron chi connectivity index (χ0n) is 13.9. The molecule has 0 N–H and O–H groups in total. The van der Waals surface area contributed by atoms with Crippen LogP contribution in [0, 0.1) is 18.3 Å². The van der Waals surface area contributed by atoms with Crippen molar-refractivity contribution in [3.05, 3.63) is 45.9 Å². The summed E-state index contributed by atoms with van der Waals surface area (Å²) in [6.45, 7) is 3.67. The molecule has 0 amide bonds. The van der Waals surface area contributed by atoms with Crippen LogP contribution in [0.15, 0.2) is 29.1 Å². The smallest absolute Gasteiger partial charge is 0.310 e. The summed E-state index contributed by atoms with van der Waals surface area (Å²) < 4.78 is 13.0. The van der Waals surface area contributed by atoms with E-state index in [4.69, 9.17) is 14.7 Å². The molecule has 0 spiro atoms. The minimum absolute atomic E-state index is 0.00404. The molecule has 24 heavy (non-hydrogen) atoms. The molecule has 0 aliphatic rings. The average molecular weight is 329 g/mol. The molecule has 0 unspecified atom stereocenters. The number of nitrogens with zero attached hydrogens (tertiary/aromatic N) is 3. The zero-order chi connectivity index (χ0) is 17.7. The van der Waals surface area contributed by atoms with Gasteiger partial charge in [-0.15, -0.1) is 0 Å². The molecule has 1 aromatic heterocycles. The molecule has 0 bridgehead atoms. The molecular formula is C17H19N3O4. The van der Waals surface area contributed by atoms with Crippen LogP contribution < -0.4 is 10.3 Å². The van der Waals surface area contributed by atoms with Gasteiger partial charge in [0.05, 0.1) is 37.5 Å². The minimum atomic E-state index is -0.464. The molecule has 1 aromatic carbocycles. The van der Waals surface area contributed by atoms with E-state index in [-0.39, 0.29) is 25.1 Å². The lowest BCUT2D eigenvalue weighted by molar-refractivity contribution is -0.142. The summed E-state index contributed by atoms with van der Waals surface area (Å²) in [6.07, 6.45) is -0.118. The standard InChI is InChI=1S/C17H19N3O4/c1-4-24-16(21)11-15-12(2)19(10-9-18)20(17(15)22)13-5-7-14(23-3)8-6-13/h5-8H,4,10-11H2,1-3H3. The Labute approximate surface area is 139 Å². The van der Waals surface area contributed by atoms with Crippen molar-refractivity contribution in [3.63, 3.8) is 0 Å². The second-order valence-electron chi connectivity index (χ2n) is 5.08. The van der Waals surface area contributed by atoms with Crippen LogP contribution in [0.5, 0.6) is 5.75 Å². The molecule has 1 heterocycles. The Kier molecular flexibility index (Phi) is 5.42. The first-order valence-corrected chi connectivity index (χ1v) is 7.51. The number of aromatic nitrogens is 2. The summed E-state index contributed by atoms with van der Waals surface area (Å²) in [5.41, 5.74) is 1.17. The SMILES string of the molecule is CCOC(=O)Cc1c(C)n(CC#N)n(-c2ccc(OC)cc2)c1=O. The fourth-order valence-corrected chi connectivity index (χ4v) is 2.49. The predicted molar refractivity (Wildman–Crippen MR) is 87.3 cm³/mol. The quantitative estimate of drug-likeness (QED) is 0.751. The number of hydrogen-bond donors (Lipinski definition) is 0. The maximum Gasteiger partial charge on any atom is 0.310 e. The number of esters is 1. The van der Waals surface area contributed by atoms with Crippen molar-refractivity contribution in [2.75, 3.05) is 13.7 Å². The highest BCUT2D eigenvalue weighted by Crippen LogP contribution is 2.16. The first-order valence-electron chi connectivity index (χ1n) is 7.51. The van der Waals surface area contributed by atoms with Gasteiger partial charge in [0.1, 0.15) is 12.3 Å². The topological polar surface area (TPSA) is 86.2 Å². The van der Waals surface area contributed by atoms with Gasteiger partial charge in [-0.05, 0) is 38.1 Å². The molecule has 0 radical (unpaired) electrons. The molecular weight excluding hydrogens is 310 g/mol. The van der Waals surface area contributed by atoms with E-state index in [1.54, 1.807) is 49.9 Å². The van der Waals surface area contributed by atoms with E-state index in [2.05, 4.69) is 0 Å². The van der Waals surface area contributed by atoms with Crippen LogP contribution in [-0.4, -0.2) is 29.0 Å². The van der Waals surface area contributed by atoms with Gasteiger partial charge in [-0.25, -0.2) is 4.68 Å².